The zero-order valence-electron chi connectivity index (χ0n) is 25.3. The molecule has 0 radical (unpaired) electrons. The van der Waals surface area contributed by atoms with Gasteiger partial charge in [0.15, 0.2) is 0 Å². The summed E-state index contributed by atoms with van der Waals surface area (Å²) >= 11 is 0. The van der Waals surface area contributed by atoms with Gasteiger partial charge in [-0.3, -0.25) is 4.79 Å². The molecule has 0 saturated carbocycles. The van der Waals surface area contributed by atoms with E-state index >= 15 is 0 Å². The molecule has 41 heavy (non-hydrogen) atoms. The molecular formula is C31H50N4O6. The molecule has 2 fully saturated rings. The average molecular weight is 575 g/mol. The maximum atomic E-state index is 12.8. The molecule has 0 aliphatic carbocycles. The number of hydrogen-bond acceptors (Lipinski definition) is 7. The molecule has 0 bridgehead atoms. The lowest BCUT2D eigenvalue weighted by Gasteiger charge is -2.32. The third-order valence-corrected chi connectivity index (χ3v) is 8.06. The third kappa shape index (κ3) is 11.2. The van der Waals surface area contributed by atoms with Crippen LogP contribution in [0.25, 0.3) is 0 Å². The van der Waals surface area contributed by atoms with Gasteiger partial charge in [-0.1, -0.05) is 50.1 Å². The highest BCUT2D eigenvalue weighted by molar-refractivity contribution is 5.76. The molecule has 5 atom stereocenters. The van der Waals surface area contributed by atoms with E-state index in [1.54, 1.807) is 4.90 Å². The molecule has 2 saturated heterocycles. The molecule has 3 aliphatic rings. The van der Waals surface area contributed by atoms with Crippen LogP contribution >= 0.6 is 0 Å². The first-order chi connectivity index (χ1) is 19.6. The van der Waals surface area contributed by atoms with Gasteiger partial charge in [-0.15, -0.1) is 0 Å². The van der Waals surface area contributed by atoms with Gasteiger partial charge in [0.1, 0.15) is 6.10 Å². The molecular weight excluding hydrogens is 524 g/mol. The molecule has 10 heteroatoms. The second kappa shape index (κ2) is 16.6. The molecule has 3 amide bonds. The number of β-amino-alcohol motifs (C(OH)–C–C–N with tert-alkyl or cyclic N) is 1. The number of aliphatic hydroxyl groups excluding tert-OH is 1. The van der Waals surface area contributed by atoms with Crippen molar-refractivity contribution < 1.29 is 29.0 Å². The van der Waals surface area contributed by atoms with Gasteiger partial charge < -0.3 is 34.6 Å². The van der Waals surface area contributed by atoms with E-state index in [9.17, 15) is 19.5 Å². The van der Waals surface area contributed by atoms with E-state index in [1.807, 2.05) is 44.2 Å². The first kappa shape index (κ1) is 32.7. The molecule has 0 aromatic heterocycles. The summed E-state index contributed by atoms with van der Waals surface area (Å²) in [6.45, 7) is 10.2. The van der Waals surface area contributed by atoms with Crippen molar-refractivity contribution in [1.82, 2.24) is 20.0 Å². The molecule has 3 heterocycles. The minimum atomic E-state index is -0.468. The Morgan fingerprint density at radius 2 is 1.83 bits per heavy atom. The summed E-state index contributed by atoms with van der Waals surface area (Å²) in [6, 6.07) is -0.202. The highest BCUT2D eigenvalue weighted by atomic mass is 16.6. The number of piperazine rings is 1. The van der Waals surface area contributed by atoms with Crippen molar-refractivity contribution in [3.05, 3.63) is 36.0 Å². The first-order valence-corrected chi connectivity index (χ1v) is 15.2. The lowest BCUT2D eigenvalue weighted by Crippen LogP contribution is -2.47. The Morgan fingerprint density at radius 1 is 1.07 bits per heavy atom. The monoisotopic (exact) mass is 574 g/mol. The Balaban J connectivity index is 1.59. The molecule has 0 spiro atoms. The number of carbonyl (C=O) groups is 3. The lowest BCUT2D eigenvalue weighted by molar-refractivity contribution is -0.121. The fraction of sp³-hybridized carbons (Fsp3) is 0.710. The number of rotatable bonds is 6. The van der Waals surface area contributed by atoms with Crippen LogP contribution in [0.15, 0.2) is 36.0 Å². The van der Waals surface area contributed by atoms with Gasteiger partial charge >= 0.3 is 12.2 Å². The summed E-state index contributed by atoms with van der Waals surface area (Å²) in [5, 5.41) is 12.8. The van der Waals surface area contributed by atoms with Crippen molar-refractivity contribution in [1.29, 1.82) is 0 Å². The number of allylic oxidation sites excluding steroid dienone is 2. The van der Waals surface area contributed by atoms with Crippen LogP contribution in [0.3, 0.4) is 0 Å². The Hall–Kier alpha value is -2.85. The van der Waals surface area contributed by atoms with Gasteiger partial charge in [0.05, 0.1) is 18.8 Å². The quantitative estimate of drug-likeness (QED) is 0.367. The van der Waals surface area contributed by atoms with E-state index in [1.165, 1.54) is 4.90 Å². The average Bonchev–Trinajstić information content (AvgIpc) is 3.38. The number of hydrogen-bond donors (Lipinski definition) is 2. The predicted molar refractivity (Wildman–Crippen MR) is 158 cm³/mol. The number of amides is 3. The van der Waals surface area contributed by atoms with Gasteiger partial charge in [0.25, 0.3) is 0 Å². The summed E-state index contributed by atoms with van der Waals surface area (Å²) in [7, 11) is 2.06. The van der Waals surface area contributed by atoms with E-state index < -0.39 is 12.2 Å². The highest BCUT2D eigenvalue weighted by Gasteiger charge is 2.26. The Morgan fingerprint density at radius 3 is 2.54 bits per heavy atom. The fourth-order valence-electron chi connectivity index (χ4n) is 5.27. The Kier molecular flexibility index (Phi) is 13.2. The second-order valence-corrected chi connectivity index (χ2v) is 11.8. The Labute approximate surface area is 245 Å². The molecule has 230 valence electrons. The van der Waals surface area contributed by atoms with Gasteiger partial charge in [0.2, 0.25) is 5.91 Å². The Bertz CT molecular complexity index is 958. The van der Waals surface area contributed by atoms with Crippen molar-refractivity contribution in [2.45, 2.75) is 77.5 Å². The van der Waals surface area contributed by atoms with E-state index in [2.05, 4.69) is 24.2 Å². The topological polar surface area (TPSA) is 112 Å². The van der Waals surface area contributed by atoms with Crippen LogP contribution < -0.4 is 5.32 Å². The third-order valence-electron chi connectivity index (χ3n) is 8.06. The van der Waals surface area contributed by atoms with Gasteiger partial charge in [-0.2, -0.15) is 0 Å². The molecule has 2 N–H and O–H groups in total. The number of nitrogens with zero attached hydrogens (tertiary/aromatic N) is 3. The normalized spacial score (nSPS) is 28.9. The number of aliphatic hydroxyl groups is 1. The van der Waals surface area contributed by atoms with Crippen LogP contribution in [0.1, 0.15) is 59.3 Å². The van der Waals surface area contributed by atoms with Gasteiger partial charge in [-0.25, -0.2) is 9.59 Å². The predicted octanol–water partition coefficient (Wildman–Crippen LogP) is 3.72. The molecule has 0 aromatic rings. The van der Waals surface area contributed by atoms with Crippen molar-refractivity contribution in [2.75, 3.05) is 52.9 Å². The molecule has 0 aromatic carbocycles. The number of ether oxygens (including phenoxy) is 2. The zero-order valence-corrected chi connectivity index (χ0v) is 25.3. The maximum absolute atomic E-state index is 12.8. The van der Waals surface area contributed by atoms with E-state index in [-0.39, 0.29) is 42.6 Å². The van der Waals surface area contributed by atoms with Crippen LogP contribution in [-0.4, -0.2) is 109 Å². The molecule has 1 unspecified atom stereocenters. The number of likely N-dealkylation sites (tertiary alicyclic amines) is 1. The number of nitrogens with one attached hydrogen (secondary N) is 1. The number of likely N-dealkylation sites (N-methyl/N-ethyl adjacent to an activating group) is 1. The van der Waals surface area contributed by atoms with E-state index in [4.69, 9.17) is 9.47 Å². The van der Waals surface area contributed by atoms with Crippen LogP contribution in [0, 0.1) is 11.8 Å². The summed E-state index contributed by atoms with van der Waals surface area (Å²) < 4.78 is 11.3. The van der Waals surface area contributed by atoms with Crippen LogP contribution in [0.4, 0.5) is 9.59 Å². The first-order valence-electron chi connectivity index (χ1n) is 15.2. The minimum absolute atomic E-state index is 0.00879. The van der Waals surface area contributed by atoms with E-state index in [0.29, 0.717) is 39.0 Å². The fourth-order valence-corrected chi connectivity index (χ4v) is 5.27. The summed E-state index contributed by atoms with van der Waals surface area (Å²) in [4.78, 5) is 43.2. The maximum Gasteiger partial charge on any atom is 0.410 e. The zero-order chi connectivity index (χ0) is 29.8. The van der Waals surface area contributed by atoms with Crippen LogP contribution in [0.2, 0.25) is 0 Å². The van der Waals surface area contributed by atoms with Crippen molar-refractivity contribution in [3.63, 3.8) is 0 Å². The lowest BCUT2D eigenvalue weighted by atomic mass is 9.92. The highest BCUT2D eigenvalue weighted by Crippen LogP contribution is 2.20. The summed E-state index contributed by atoms with van der Waals surface area (Å²) in [5.41, 5.74) is 1.00. The largest absolute Gasteiger partial charge is 0.449 e. The van der Waals surface area contributed by atoms with Crippen LogP contribution in [-0.2, 0) is 14.3 Å². The molecule has 10 nitrogen and oxygen atoms in total. The standard InChI is InChI=1S/C31H50N4O6/c1-23(22-40-30(38)35-16-15-26(36)21-35)9-8-10-24(2)29-25(3)13-14-27(11-6-5-7-12-28(37)32-29)41-31(39)34-19-17-33(4)18-20-34/h8-10,13-14,23,25-27,29,36H,5-7,11-12,15-22H2,1-4H3,(H,32,37)/b9-8+,14-13+,24-10+/t23-,25+,26-,27?,29-/m1/s1. The van der Waals surface area contributed by atoms with Gasteiger partial charge in [0, 0.05) is 51.6 Å². The second-order valence-electron chi connectivity index (χ2n) is 11.8. The van der Waals surface area contributed by atoms with Crippen molar-refractivity contribution in [2.24, 2.45) is 11.8 Å². The van der Waals surface area contributed by atoms with Crippen molar-refractivity contribution in [3.8, 4) is 0 Å². The minimum Gasteiger partial charge on any atom is -0.449 e. The number of carbonyl (C=O) groups excluding carboxylic acids is 3. The molecule has 3 aliphatic heterocycles. The summed E-state index contributed by atoms with van der Waals surface area (Å²) in [5.74, 6) is 0.0365. The SMILES string of the molecule is C/C(=C\C=C\[C@@H](C)COC(=O)N1CC[C@@H](O)C1)[C@H]1NC(=O)CCCCCC(OC(=O)N2CCN(C)CC2)/C=C/[C@@H]1C. The van der Waals surface area contributed by atoms with Crippen molar-refractivity contribution >= 4 is 18.1 Å². The smallest absolute Gasteiger partial charge is 0.410 e. The molecule has 3 rings (SSSR count). The van der Waals surface area contributed by atoms with E-state index in [0.717, 1.165) is 44.3 Å². The van der Waals surface area contributed by atoms with Crippen LogP contribution in [0.5, 0.6) is 0 Å². The summed E-state index contributed by atoms with van der Waals surface area (Å²) in [6.07, 6.45) is 12.9. The van der Waals surface area contributed by atoms with Gasteiger partial charge in [-0.05, 0) is 51.6 Å².